The van der Waals surface area contributed by atoms with E-state index in [1.807, 2.05) is 19.9 Å². The highest BCUT2D eigenvalue weighted by molar-refractivity contribution is 5.61. The fraction of sp³-hybridized carbons (Fsp3) is 0.538. The molecule has 0 spiro atoms. The van der Waals surface area contributed by atoms with Crippen LogP contribution in [-0.4, -0.2) is 35.1 Å². The van der Waals surface area contributed by atoms with Gasteiger partial charge < -0.3 is 10.2 Å². The molecule has 0 saturated carbocycles. The lowest BCUT2D eigenvalue weighted by Gasteiger charge is -2.35. The van der Waals surface area contributed by atoms with E-state index in [-0.39, 0.29) is 17.9 Å². The first-order valence-electron chi connectivity index (χ1n) is 6.61. The molecule has 1 fully saturated rings. The SMILES string of the molecule is CC1CN(Cc2ccc(NN)c([N+](=O)[O-])c2)CC(C)O1. The average molecular weight is 280 g/mol. The van der Waals surface area contributed by atoms with Gasteiger partial charge in [0.2, 0.25) is 0 Å². The number of hydrogen-bond acceptors (Lipinski definition) is 6. The first-order chi connectivity index (χ1) is 9.49. The van der Waals surface area contributed by atoms with Gasteiger partial charge in [0.25, 0.3) is 5.69 Å². The van der Waals surface area contributed by atoms with Crippen LogP contribution < -0.4 is 11.3 Å². The van der Waals surface area contributed by atoms with Gasteiger partial charge in [-0.05, 0) is 25.5 Å². The number of nitrogen functional groups attached to an aromatic ring is 1. The molecule has 1 saturated heterocycles. The van der Waals surface area contributed by atoms with Gasteiger partial charge in [-0.15, -0.1) is 0 Å². The van der Waals surface area contributed by atoms with Crippen molar-refractivity contribution in [3.63, 3.8) is 0 Å². The normalized spacial score (nSPS) is 23.6. The number of anilines is 1. The number of nitrogens with two attached hydrogens (primary N) is 1. The lowest BCUT2D eigenvalue weighted by molar-refractivity contribution is -0.384. The van der Waals surface area contributed by atoms with E-state index >= 15 is 0 Å². The summed E-state index contributed by atoms with van der Waals surface area (Å²) >= 11 is 0. The van der Waals surface area contributed by atoms with Gasteiger partial charge in [-0.1, -0.05) is 6.07 Å². The van der Waals surface area contributed by atoms with Gasteiger partial charge in [-0.25, -0.2) is 0 Å². The summed E-state index contributed by atoms with van der Waals surface area (Å²) in [6, 6.07) is 5.06. The monoisotopic (exact) mass is 280 g/mol. The van der Waals surface area contributed by atoms with Crippen LogP contribution in [0.2, 0.25) is 0 Å². The van der Waals surface area contributed by atoms with Crippen molar-refractivity contribution in [1.29, 1.82) is 0 Å². The summed E-state index contributed by atoms with van der Waals surface area (Å²) in [5.74, 6) is 5.28. The fourth-order valence-electron chi connectivity index (χ4n) is 2.62. The number of benzene rings is 1. The van der Waals surface area contributed by atoms with Crippen LogP contribution in [0.15, 0.2) is 18.2 Å². The summed E-state index contributed by atoms with van der Waals surface area (Å²) in [4.78, 5) is 12.8. The Morgan fingerprint density at radius 2 is 2.10 bits per heavy atom. The van der Waals surface area contributed by atoms with Gasteiger partial charge in [-0.2, -0.15) is 0 Å². The average Bonchev–Trinajstić information content (AvgIpc) is 2.37. The molecule has 0 aliphatic carbocycles. The lowest BCUT2D eigenvalue weighted by Crippen LogP contribution is -2.44. The van der Waals surface area contributed by atoms with Crippen LogP contribution in [0.3, 0.4) is 0 Å². The van der Waals surface area contributed by atoms with Gasteiger partial charge in [0, 0.05) is 25.7 Å². The molecule has 2 rings (SSSR count). The van der Waals surface area contributed by atoms with Crippen LogP contribution in [0.4, 0.5) is 11.4 Å². The molecule has 1 aliphatic rings. The number of nitro benzene ring substituents is 1. The molecule has 0 radical (unpaired) electrons. The number of nitrogens with one attached hydrogen (secondary N) is 1. The summed E-state index contributed by atoms with van der Waals surface area (Å²) in [7, 11) is 0. The third-order valence-corrected chi connectivity index (χ3v) is 3.32. The number of nitro groups is 1. The second-order valence-corrected chi connectivity index (χ2v) is 5.20. The molecule has 1 heterocycles. The standard InChI is InChI=1S/C13H20N4O3/c1-9-6-16(7-10(2)20-9)8-11-3-4-12(15-14)13(5-11)17(18)19/h3-5,9-10,15H,6-8,14H2,1-2H3. The quantitative estimate of drug-likeness (QED) is 0.493. The molecule has 7 heteroatoms. The molecule has 1 aliphatic heterocycles. The predicted octanol–water partition coefficient (Wildman–Crippen LogP) is 1.49. The Morgan fingerprint density at radius 1 is 1.45 bits per heavy atom. The number of hydrazine groups is 1. The lowest BCUT2D eigenvalue weighted by atomic mass is 10.1. The van der Waals surface area contributed by atoms with Gasteiger partial charge in [-0.3, -0.25) is 20.9 Å². The second-order valence-electron chi connectivity index (χ2n) is 5.20. The minimum absolute atomic E-state index is 0.000596. The zero-order chi connectivity index (χ0) is 14.7. The summed E-state index contributed by atoms with van der Waals surface area (Å²) in [6.45, 7) is 6.40. The molecular formula is C13H20N4O3. The topological polar surface area (TPSA) is 93.7 Å². The maximum atomic E-state index is 11.0. The predicted molar refractivity (Wildman–Crippen MR) is 76.2 cm³/mol. The Kier molecular flexibility index (Phi) is 4.53. The summed E-state index contributed by atoms with van der Waals surface area (Å²) < 4.78 is 5.68. The van der Waals surface area contributed by atoms with Crippen molar-refractivity contribution in [3.8, 4) is 0 Å². The Labute approximate surface area is 117 Å². The van der Waals surface area contributed by atoms with Gasteiger partial charge in [0.15, 0.2) is 0 Å². The number of nitrogens with zero attached hydrogens (tertiary/aromatic N) is 2. The smallest absolute Gasteiger partial charge is 0.293 e. The van der Waals surface area contributed by atoms with Crippen LogP contribution >= 0.6 is 0 Å². The third-order valence-electron chi connectivity index (χ3n) is 3.32. The highest BCUT2D eigenvalue weighted by atomic mass is 16.6. The van der Waals surface area contributed by atoms with Crippen molar-refractivity contribution in [2.75, 3.05) is 18.5 Å². The maximum Gasteiger partial charge on any atom is 0.293 e. The van der Waals surface area contributed by atoms with E-state index < -0.39 is 4.92 Å². The minimum Gasteiger partial charge on any atom is -0.373 e. The number of hydrogen-bond donors (Lipinski definition) is 2. The molecule has 2 unspecified atom stereocenters. The fourth-order valence-corrected chi connectivity index (χ4v) is 2.62. The molecule has 2 atom stereocenters. The van der Waals surface area contributed by atoms with Crippen molar-refractivity contribution < 1.29 is 9.66 Å². The largest absolute Gasteiger partial charge is 0.373 e. The van der Waals surface area contributed by atoms with E-state index in [1.165, 1.54) is 0 Å². The van der Waals surface area contributed by atoms with Crippen molar-refractivity contribution in [2.45, 2.75) is 32.6 Å². The summed E-state index contributed by atoms with van der Waals surface area (Å²) in [6.07, 6.45) is 0.359. The summed E-state index contributed by atoms with van der Waals surface area (Å²) in [5, 5.41) is 11.0. The molecule has 3 N–H and O–H groups in total. The molecule has 0 aromatic heterocycles. The van der Waals surface area contributed by atoms with Crippen LogP contribution in [0, 0.1) is 10.1 Å². The molecule has 1 aromatic carbocycles. The van der Waals surface area contributed by atoms with Crippen molar-refractivity contribution in [2.24, 2.45) is 5.84 Å². The second kappa shape index (κ2) is 6.17. The Bertz CT molecular complexity index is 485. The van der Waals surface area contributed by atoms with Gasteiger partial charge in [0.1, 0.15) is 5.69 Å². The molecular weight excluding hydrogens is 260 g/mol. The van der Waals surface area contributed by atoms with E-state index in [0.29, 0.717) is 12.2 Å². The molecule has 1 aromatic rings. The Balaban J connectivity index is 2.13. The molecule has 20 heavy (non-hydrogen) atoms. The summed E-state index contributed by atoms with van der Waals surface area (Å²) in [5.41, 5.74) is 3.57. The Hall–Kier alpha value is -1.70. The van der Waals surface area contributed by atoms with Crippen molar-refractivity contribution >= 4 is 11.4 Å². The number of ether oxygens (including phenoxy) is 1. The van der Waals surface area contributed by atoms with Crippen molar-refractivity contribution in [3.05, 3.63) is 33.9 Å². The minimum atomic E-state index is -0.427. The van der Waals surface area contributed by atoms with E-state index in [0.717, 1.165) is 18.7 Å². The molecule has 7 nitrogen and oxygen atoms in total. The van der Waals surface area contributed by atoms with E-state index in [1.54, 1.807) is 12.1 Å². The molecule has 0 bridgehead atoms. The van der Waals surface area contributed by atoms with Crippen LogP contribution in [0.1, 0.15) is 19.4 Å². The molecule has 0 amide bonds. The van der Waals surface area contributed by atoms with Crippen LogP contribution in [0.25, 0.3) is 0 Å². The highest BCUT2D eigenvalue weighted by Crippen LogP contribution is 2.25. The third kappa shape index (κ3) is 3.44. The first kappa shape index (κ1) is 14.7. The zero-order valence-corrected chi connectivity index (χ0v) is 11.7. The van der Waals surface area contributed by atoms with E-state index in [2.05, 4.69) is 10.3 Å². The highest BCUT2D eigenvalue weighted by Gasteiger charge is 2.23. The maximum absolute atomic E-state index is 11.0. The van der Waals surface area contributed by atoms with E-state index in [4.69, 9.17) is 10.6 Å². The van der Waals surface area contributed by atoms with Gasteiger partial charge in [0.05, 0.1) is 17.1 Å². The van der Waals surface area contributed by atoms with Crippen molar-refractivity contribution in [1.82, 2.24) is 4.90 Å². The first-order valence-corrected chi connectivity index (χ1v) is 6.61. The Morgan fingerprint density at radius 3 is 2.65 bits per heavy atom. The van der Waals surface area contributed by atoms with Crippen LogP contribution in [-0.2, 0) is 11.3 Å². The van der Waals surface area contributed by atoms with Gasteiger partial charge >= 0.3 is 0 Å². The van der Waals surface area contributed by atoms with Crippen LogP contribution in [0.5, 0.6) is 0 Å². The van der Waals surface area contributed by atoms with E-state index in [9.17, 15) is 10.1 Å². The molecule has 110 valence electrons. The zero-order valence-electron chi connectivity index (χ0n) is 11.7. The number of rotatable bonds is 4. The number of morpholine rings is 1.